The van der Waals surface area contributed by atoms with E-state index in [-0.39, 0.29) is 6.04 Å². The number of piperidine rings is 1. The van der Waals surface area contributed by atoms with E-state index in [1.807, 2.05) is 30.3 Å². The number of ether oxygens (including phenoxy) is 2. The minimum Gasteiger partial charge on any atom is -0.497 e. The van der Waals surface area contributed by atoms with E-state index in [2.05, 4.69) is 4.90 Å². The summed E-state index contributed by atoms with van der Waals surface area (Å²) in [5.41, 5.74) is 1.82. The third-order valence-electron chi connectivity index (χ3n) is 5.16. The molecule has 0 amide bonds. The molecule has 2 aromatic rings. The zero-order valence-electron chi connectivity index (χ0n) is 15.8. The molecule has 5 nitrogen and oxygen atoms in total. The van der Waals surface area contributed by atoms with Crippen LogP contribution in [0.5, 0.6) is 11.5 Å². The first-order chi connectivity index (χ1) is 13.4. The van der Waals surface area contributed by atoms with E-state index in [9.17, 15) is 9.90 Å². The van der Waals surface area contributed by atoms with Gasteiger partial charge < -0.3 is 14.6 Å². The Balaban J connectivity index is 2.12. The van der Waals surface area contributed by atoms with Crippen molar-refractivity contribution in [1.29, 1.82) is 0 Å². The molecule has 0 spiro atoms. The quantitative estimate of drug-likeness (QED) is 0.715. The Morgan fingerprint density at radius 2 is 1.93 bits per heavy atom. The normalized spacial score (nSPS) is 18.5. The van der Waals surface area contributed by atoms with Crippen LogP contribution in [0, 0.1) is 5.92 Å². The lowest BCUT2D eigenvalue weighted by Gasteiger charge is -2.38. The van der Waals surface area contributed by atoms with Crippen LogP contribution < -0.4 is 9.47 Å². The highest BCUT2D eigenvalue weighted by Gasteiger charge is 2.33. The van der Waals surface area contributed by atoms with E-state index in [1.165, 1.54) is 0 Å². The third-order valence-corrected chi connectivity index (χ3v) is 5.90. The molecule has 0 radical (unpaired) electrons. The molecule has 0 bridgehead atoms. The number of carboxylic acids is 1. The molecule has 2 unspecified atom stereocenters. The molecule has 150 valence electrons. The largest absolute Gasteiger partial charge is 0.497 e. The summed E-state index contributed by atoms with van der Waals surface area (Å²) in [6, 6.07) is 10.9. The molecular formula is C21H23Cl2NO4. The Kier molecular flexibility index (Phi) is 6.70. The number of nitrogens with zero attached hydrogens (tertiary/aromatic N) is 1. The molecule has 2 atom stereocenters. The van der Waals surface area contributed by atoms with Crippen molar-refractivity contribution in [2.24, 2.45) is 5.92 Å². The molecule has 1 aliphatic heterocycles. The molecule has 1 N–H and O–H groups in total. The summed E-state index contributed by atoms with van der Waals surface area (Å²) < 4.78 is 11.0. The maximum absolute atomic E-state index is 11.6. The summed E-state index contributed by atoms with van der Waals surface area (Å²) in [5.74, 6) is 0.229. The third kappa shape index (κ3) is 4.37. The number of halogens is 2. The van der Waals surface area contributed by atoms with Crippen LogP contribution in [-0.2, 0) is 4.79 Å². The molecule has 0 aromatic heterocycles. The summed E-state index contributed by atoms with van der Waals surface area (Å²) in [5, 5.41) is 10.5. The van der Waals surface area contributed by atoms with E-state index in [0.29, 0.717) is 34.5 Å². The fraction of sp³-hybridized carbons (Fsp3) is 0.381. The molecule has 1 heterocycles. The van der Waals surface area contributed by atoms with Crippen LogP contribution in [0.1, 0.15) is 30.0 Å². The van der Waals surface area contributed by atoms with Crippen molar-refractivity contribution in [2.45, 2.75) is 18.9 Å². The average molecular weight is 424 g/mol. The second-order valence-electron chi connectivity index (χ2n) is 6.86. The molecular weight excluding hydrogens is 401 g/mol. The van der Waals surface area contributed by atoms with E-state index >= 15 is 0 Å². The Morgan fingerprint density at radius 1 is 1.14 bits per heavy atom. The van der Waals surface area contributed by atoms with Gasteiger partial charge in [-0.05, 0) is 55.3 Å². The zero-order chi connectivity index (χ0) is 20.3. The molecule has 28 heavy (non-hydrogen) atoms. The van der Waals surface area contributed by atoms with Crippen molar-refractivity contribution >= 4 is 29.2 Å². The Bertz CT molecular complexity index is 858. The highest BCUT2D eigenvalue weighted by Crippen LogP contribution is 2.40. The second-order valence-corrected chi connectivity index (χ2v) is 7.67. The van der Waals surface area contributed by atoms with Crippen LogP contribution in [0.15, 0.2) is 36.4 Å². The minimum absolute atomic E-state index is 0.234. The first-order valence-electron chi connectivity index (χ1n) is 9.08. The van der Waals surface area contributed by atoms with Crippen molar-refractivity contribution in [2.75, 3.05) is 27.3 Å². The van der Waals surface area contributed by atoms with E-state index < -0.39 is 11.9 Å². The van der Waals surface area contributed by atoms with Crippen LogP contribution in [0.4, 0.5) is 0 Å². The second kappa shape index (κ2) is 9.03. The molecule has 3 rings (SSSR count). The number of hydrogen-bond acceptors (Lipinski definition) is 4. The molecule has 1 saturated heterocycles. The smallest absolute Gasteiger partial charge is 0.307 e. The molecule has 0 aliphatic carbocycles. The van der Waals surface area contributed by atoms with Gasteiger partial charge in [0.15, 0.2) is 0 Å². The van der Waals surface area contributed by atoms with Gasteiger partial charge in [0.05, 0.1) is 36.2 Å². The van der Waals surface area contributed by atoms with Crippen LogP contribution in [0.25, 0.3) is 0 Å². The predicted octanol–water partition coefficient (Wildman–Crippen LogP) is 4.90. The summed E-state index contributed by atoms with van der Waals surface area (Å²) in [7, 11) is 3.23. The summed E-state index contributed by atoms with van der Waals surface area (Å²) in [6.07, 6.45) is 1.48. The number of aliphatic carboxylic acids is 1. The number of rotatable bonds is 6. The fourth-order valence-corrected chi connectivity index (χ4v) is 4.07. The number of likely N-dealkylation sites (tertiary alicyclic amines) is 1. The van der Waals surface area contributed by atoms with Gasteiger partial charge in [0.2, 0.25) is 0 Å². The van der Waals surface area contributed by atoms with E-state index in [1.54, 1.807) is 20.3 Å². The highest BCUT2D eigenvalue weighted by molar-refractivity contribution is 6.42. The van der Waals surface area contributed by atoms with Crippen molar-refractivity contribution < 1.29 is 19.4 Å². The van der Waals surface area contributed by atoms with Crippen LogP contribution >= 0.6 is 23.2 Å². The summed E-state index contributed by atoms with van der Waals surface area (Å²) in [4.78, 5) is 13.8. The van der Waals surface area contributed by atoms with Gasteiger partial charge in [-0.25, -0.2) is 0 Å². The molecule has 7 heteroatoms. The van der Waals surface area contributed by atoms with Crippen LogP contribution in [0.2, 0.25) is 10.0 Å². The highest BCUT2D eigenvalue weighted by atomic mass is 35.5. The van der Waals surface area contributed by atoms with Crippen molar-refractivity contribution in [1.82, 2.24) is 4.90 Å². The Hall–Kier alpha value is -1.95. The molecule has 2 aromatic carbocycles. The topological polar surface area (TPSA) is 59.0 Å². The van der Waals surface area contributed by atoms with E-state index in [4.69, 9.17) is 32.7 Å². The van der Waals surface area contributed by atoms with Crippen molar-refractivity contribution in [3.8, 4) is 11.5 Å². The molecule has 1 fully saturated rings. The fourth-order valence-electron chi connectivity index (χ4n) is 3.77. The lowest BCUT2D eigenvalue weighted by atomic mass is 9.91. The van der Waals surface area contributed by atoms with Gasteiger partial charge in [-0.3, -0.25) is 9.69 Å². The lowest BCUT2D eigenvalue weighted by molar-refractivity contribution is -0.143. The average Bonchev–Trinajstić information content (AvgIpc) is 2.71. The van der Waals surface area contributed by atoms with Crippen LogP contribution in [0.3, 0.4) is 0 Å². The Morgan fingerprint density at radius 3 is 2.57 bits per heavy atom. The first kappa shape index (κ1) is 20.8. The SMILES string of the molecule is COc1ccc(OC)c(C(c2ccc(Cl)c(Cl)c2)N2CCCC(C(=O)O)C2)c1. The van der Waals surface area contributed by atoms with E-state index in [0.717, 1.165) is 24.1 Å². The van der Waals surface area contributed by atoms with Crippen molar-refractivity contribution in [3.05, 3.63) is 57.6 Å². The number of carboxylic acid groups (broad SMARTS) is 1. The van der Waals surface area contributed by atoms with Crippen molar-refractivity contribution in [3.63, 3.8) is 0 Å². The standard InChI is InChI=1S/C21H23Cl2NO4/c1-27-15-6-8-19(28-2)16(11-15)20(13-5-7-17(22)18(23)10-13)24-9-3-4-14(12-24)21(25)26/h5-8,10-11,14,20H,3-4,9,12H2,1-2H3,(H,25,26). The first-order valence-corrected chi connectivity index (χ1v) is 9.84. The summed E-state index contributed by atoms with van der Waals surface area (Å²) >= 11 is 12.4. The van der Waals surface area contributed by atoms with Gasteiger partial charge >= 0.3 is 5.97 Å². The maximum Gasteiger partial charge on any atom is 0.307 e. The van der Waals surface area contributed by atoms with Crippen LogP contribution in [-0.4, -0.2) is 43.3 Å². The van der Waals surface area contributed by atoms with Gasteiger partial charge in [0.1, 0.15) is 11.5 Å². The van der Waals surface area contributed by atoms with Gasteiger partial charge in [-0.2, -0.15) is 0 Å². The lowest BCUT2D eigenvalue weighted by Crippen LogP contribution is -2.41. The Labute approximate surface area is 174 Å². The zero-order valence-corrected chi connectivity index (χ0v) is 17.3. The number of benzene rings is 2. The van der Waals surface area contributed by atoms with Gasteiger partial charge in [0, 0.05) is 12.1 Å². The van der Waals surface area contributed by atoms with Gasteiger partial charge in [0.25, 0.3) is 0 Å². The monoisotopic (exact) mass is 423 g/mol. The maximum atomic E-state index is 11.6. The molecule has 1 aliphatic rings. The number of methoxy groups -OCH3 is 2. The minimum atomic E-state index is -0.768. The molecule has 0 saturated carbocycles. The van der Waals surface area contributed by atoms with Gasteiger partial charge in [-0.1, -0.05) is 29.3 Å². The number of carbonyl (C=O) groups is 1. The van der Waals surface area contributed by atoms with Gasteiger partial charge in [-0.15, -0.1) is 0 Å². The number of hydrogen-bond donors (Lipinski definition) is 1. The summed E-state index contributed by atoms with van der Waals surface area (Å²) in [6.45, 7) is 1.22. The predicted molar refractivity (Wildman–Crippen MR) is 110 cm³/mol.